The second-order valence-corrected chi connectivity index (χ2v) is 0. The molecule has 2 nitrogen and oxygen atoms in total. The molecule has 0 aliphatic rings. The molecule has 0 spiro atoms. The minimum Gasteiger partial charge on any atom is -0.769 e. The van der Waals surface area contributed by atoms with Crippen LogP contribution < -0.4 is 4.66 Å². The summed E-state index contributed by atoms with van der Waals surface area (Å²) < 4.78 is 7.72. The Morgan fingerprint density at radius 1 is 1.25 bits per heavy atom. The fraction of sp³-hybridized carbons (Fsp3) is 0. The van der Waals surface area contributed by atoms with Gasteiger partial charge in [0.2, 0.25) is 0 Å². The summed E-state index contributed by atoms with van der Waals surface area (Å²) in [5.74, 6) is 0. The molecule has 2 N–H and O–H groups in total. The third-order valence-corrected chi connectivity index (χ3v) is 0. The van der Waals surface area contributed by atoms with Gasteiger partial charge in [0.05, 0.1) is 0 Å². The summed E-state index contributed by atoms with van der Waals surface area (Å²) in [4.78, 5) is 0. The van der Waals surface area contributed by atoms with Crippen LogP contribution in [0.5, 0.6) is 0 Å². The molecule has 0 aromatic heterocycles. The first kappa shape index (κ1) is 18.9. The maximum atomic E-state index is 7.72. The van der Waals surface area contributed by atoms with Crippen molar-refractivity contribution in [2.24, 2.45) is 0 Å². The first-order valence-electron chi connectivity index (χ1n) is 0.154. The zero-order valence-electron chi connectivity index (χ0n) is 2.29. The van der Waals surface area contributed by atoms with Crippen molar-refractivity contribution in [3.8, 4) is 0 Å². The molecule has 4 heteroatoms. The van der Waals surface area contributed by atoms with Crippen LogP contribution >= 0.6 is 11.9 Å². The number of hydrogen-bond donors (Lipinski definition) is 0. The van der Waals surface area contributed by atoms with E-state index in [1.165, 1.54) is 0 Å². The summed E-state index contributed by atoms with van der Waals surface area (Å²) in [5.41, 5.74) is 0. The van der Waals surface area contributed by atoms with Gasteiger partial charge in [-0.3, -0.25) is 0 Å². The minimum absolute atomic E-state index is 0. The van der Waals surface area contributed by atoms with Gasteiger partial charge < -0.3 is 10.1 Å². The Morgan fingerprint density at radius 3 is 1.25 bits per heavy atom. The molecular formula is H2ClNaO2-. The van der Waals surface area contributed by atoms with E-state index in [9.17, 15) is 0 Å². The first-order chi connectivity index (χ1) is 1.00. The quantitative estimate of drug-likeness (QED) is 0.329. The fourth-order valence-electron chi connectivity index (χ4n) is 0. The Bertz CT molecular complexity index is 6.00. The monoisotopic (exact) mass is 92.0 g/mol. The number of halogens is 1. The summed E-state index contributed by atoms with van der Waals surface area (Å²) in [6.45, 7) is 0. The molecular weight excluding hydrogens is 90.4 g/mol. The minimum atomic E-state index is 0. The Labute approximate surface area is 51.5 Å². The molecule has 0 bridgehead atoms. The molecule has 0 aliphatic heterocycles. The predicted molar refractivity (Wildman–Crippen MR) is 15.2 cm³/mol. The molecule has 0 unspecified atom stereocenters. The topological polar surface area (TPSA) is 54.6 Å². The first-order valence-corrected chi connectivity index (χ1v) is 0.463. The molecule has 0 aromatic rings. The zero-order chi connectivity index (χ0) is 2.00. The third-order valence-electron chi connectivity index (χ3n) is 0. The molecule has 1 radical (unpaired) electrons. The standard InChI is InChI=1S/ClO.Na.H2O/c1-2;;/h;;1H2/q-1;;. The van der Waals surface area contributed by atoms with E-state index in [0.29, 0.717) is 0 Å². The van der Waals surface area contributed by atoms with Crippen LogP contribution in [0.15, 0.2) is 0 Å². The summed E-state index contributed by atoms with van der Waals surface area (Å²) >= 11 is 3.39. The second-order valence-electron chi connectivity index (χ2n) is 0. The molecule has 4 heavy (non-hydrogen) atoms. The van der Waals surface area contributed by atoms with Crippen molar-refractivity contribution in [3.05, 3.63) is 0 Å². The largest absolute Gasteiger partial charge is 0.769 e. The van der Waals surface area contributed by atoms with E-state index in [4.69, 9.17) is 4.66 Å². The molecule has 0 rings (SSSR count). The van der Waals surface area contributed by atoms with Crippen LogP contribution in [-0.4, -0.2) is 35.0 Å². The second kappa shape index (κ2) is 29.6. The van der Waals surface area contributed by atoms with Crippen molar-refractivity contribution >= 4 is 41.4 Å². The van der Waals surface area contributed by atoms with Crippen LogP contribution in [0.2, 0.25) is 0 Å². The molecule has 0 fully saturated rings. The van der Waals surface area contributed by atoms with E-state index in [-0.39, 0.29) is 35.0 Å². The average Bonchev–Trinajstić information content (AvgIpc) is 1.00. The third kappa shape index (κ3) is 10.7. The van der Waals surface area contributed by atoms with Gasteiger partial charge in [0, 0.05) is 29.6 Å². The number of rotatable bonds is 0. The Balaban J connectivity index is -0.00000000500. The van der Waals surface area contributed by atoms with Crippen molar-refractivity contribution in [1.82, 2.24) is 0 Å². The predicted octanol–water partition coefficient (Wildman–Crippen LogP) is -1.71. The summed E-state index contributed by atoms with van der Waals surface area (Å²) in [7, 11) is 0. The van der Waals surface area contributed by atoms with Gasteiger partial charge in [-0.25, -0.2) is 11.9 Å². The maximum Gasteiger partial charge on any atom is 0 e. The van der Waals surface area contributed by atoms with Gasteiger partial charge >= 0.3 is 0 Å². The smallest absolute Gasteiger partial charge is 0 e. The van der Waals surface area contributed by atoms with Gasteiger partial charge in [-0.1, -0.05) is 0 Å². The normalized spacial score (nSPS) is 1.50. The molecule has 0 aliphatic carbocycles. The SMILES string of the molecule is O.[Na].[O-]Cl. The van der Waals surface area contributed by atoms with E-state index in [2.05, 4.69) is 11.9 Å². The molecule has 0 atom stereocenters. The van der Waals surface area contributed by atoms with Crippen molar-refractivity contribution in [2.75, 3.05) is 0 Å². The van der Waals surface area contributed by atoms with E-state index in [0.717, 1.165) is 0 Å². The zero-order valence-corrected chi connectivity index (χ0v) is 5.04. The van der Waals surface area contributed by atoms with E-state index in [1.807, 2.05) is 0 Å². The molecule has 23 valence electrons. The molecule has 0 saturated carbocycles. The fourth-order valence-corrected chi connectivity index (χ4v) is 0. The Hall–Kier alpha value is 1.21. The summed E-state index contributed by atoms with van der Waals surface area (Å²) in [5, 5.41) is 0. The summed E-state index contributed by atoms with van der Waals surface area (Å²) in [6.07, 6.45) is 0. The summed E-state index contributed by atoms with van der Waals surface area (Å²) in [6, 6.07) is 0. The van der Waals surface area contributed by atoms with Gasteiger partial charge in [0.25, 0.3) is 0 Å². The van der Waals surface area contributed by atoms with Crippen LogP contribution in [0.25, 0.3) is 0 Å². The Morgan fingerprint density at radius 2 is 1.25 bits per heavy atom. The maximum absolute atomic E-state index is 7.72. The molecule has 0 aromatic carbocycles. The van der Waals surface area contributed by atoms with E-state index in [1.54, 1.807) is 0 Å². The van der Waals surface area contributed by atoms with Crippen molar-refractivity contribution in [3.63, 3.8) is 0 Å². The molecule has 0 saturated heterocycles. The van der Waals surface area contributed by atoms with E-state index < -0.39 is 0 Å². The number of hydrogen-bond acceptors (Lipinski definition) is 1. The van der Waals surface area contributed by atoms with E-state index >= 15 is 0 Å². The van der Waals surface area contributed by atoms with Gasteiger partial charge in [-0.05, 0) is 0 Å². The van der Waals surface area contributed by atoms with Crippen molar-refractivity contribution in [2.45, 2.75) is 0 Å². The van der Waals surface area contributed by atoms with Crippen molar-refractivity contribution in [1.29, 1.82) is 0 Å². The van der Waals surface area contributed by atoms with Crippen LogP contribution in [0.3, 0.4) is 0 Å². The van der Waals surface area contributed by atoms with Crippen LogP contribution in [0, 0.1) is 0 Å². The van der Waals surface area contributed by atoms with Crippen LogP contribution in [0.1, 0.15) is 0 Å². The van der Waals surface area contributed by atoms with Crippen LogP contribution in [0.4, 0.5) is 0 Å². The van der Waals surface area contributed by atoms with Crippen LogP contribution in [-0.2, 0) is 0 Å². The Kier molecular flexibility index (Phi) is 140. The van der Waals surface area contributed by atoms with Crippen molar-refractivity contribution < 1.29 is 10.1 Å². The average molecular weight is 92.5 g/mol. The molecule has 0 amide bonds. The van der Waals surface area contributed by atoms with Gasteiger partial charge in [-0.15, -0.1) is 0 Å². The van der Waals surface area contributed by atoms with Gasteiger partial charge in [0.15, 0.2) is 0 Å². The van der Waals surface area contributed by atoms with Gasteiger partial charge in [0.1, 0.15) is 0 Å². The molecule has 0 heterocycles. The van der Waals surface area contributed by atoms with Gasteiger partial charge in [-0.2, -0.15) is 0 Å².